The number of amides is 1. The molecule has 1 heterocycles. The molecule has 1 aromatic heterocycles. The van der Waals surface area contributed by atoms with Gasteiger partial charge in [0.25, 0.3) is 5.91 Å². The number of carbonyl (C=O) groups is 1. The number of nitro groups is 1. The van der Waals surface area contributed by atoms with Gasteiger partial charge in [0, 0.05) is 28.8 Å². The highest BCUT2D eigenvalue weighted by molar-refractivity contribution is 6.04. The van der Waals surface area contributed by atoms with Gasteiger partial charge in [-0.1, -0.05) is 0 Å². The summed E-state index contributed by atoms with van der Waals surface area (Å²) < 4.78 is 4.95. The number of rotatable bonds is 6. The predicted molar refractivity (Wildman–Crippen MR) is 101 cm³/mol. The zero-order valence-corrected chi connectivity index (χ0v) is 15.0. The molecule has 0 radical (unpaired) electrons. The Kier molecular flexibility index (Phi) is 4.48. The maximum absolute atomic E-state index is 12.4. The molecule has 4 rings (SSSR count). The first-order chi connectivity index (χ1) is 13.5. The number of ether oxygens (including phenoxy) is 1. The van der Waals surface area contributed by atoms with Crippen LogP contribution in [0.4, 0.5) is 11.4 Å². The zero-order valence-electron chi connectivity index (χ0n) is 15.0. The van der Waals surface area contributed by atoms with Crippen molar-refractivity contribution in [2.24, 2.45) is 0 Å². The summed E-state index contributed by atoms with van der Waals surface area (Å²) in [5.41, 5.74) is 1.30. The number of aromatic amines is 1. The van der Waals surface area contributed by atoms with Crippen molar-refractivity contribution < 1.29 is 14.5 Å². The van der Waals surface area contributed by atoms with Gasteiger partial charge < -0.3 is 10.1 Å². The lowest BCUT2D eigenvalue weighted by Gasteiger charge is -2.07. The summed E-state index contributed by atoms with van der Waals surface area (Å²) in [5.74, 6) is 1.67. The quantitative estimate of drug-likeness (QED) is 0.499. The van der Waals surface area contributed by atoms with E-state index in [2.05, 4.69) is 20.5 Å². The Hall–Kier alpha value is -3.75. The number of methoxy groups -OCH3 is 1. The molecule has 1 aliphatic rings. The molecule has 2 N–H and O–H groups in total. The van der Waals surface area contributed by atoms with Crippen molar-refractivity contribution in [2.75, 3.05) is 12.4 Å². The average Bonchev–Trinajstić information content (AvgIpc) is 3.45. The average molecular weight is 379 g/mol. The van der Waals surface area contributed by atoms with Gasteiger partial charge in [0.05, 0.1) is 12.0 Å². The third-order valence-electron chi connectivity index (χ3n) is 4.51. The van der Waals surface area contributed by atoms with Crippen LogP contribution in [0.25, 0.3) is 11.4 Å². The standard InChI is InChI=1S/C19H17N5O4/c1-28-16-9-6-13(10-15(16)24(26)27)19(25)20-14-7-4-12(5-8-14)18-21-17(22-23-18)11-2-3-11/h4-11H,2-3H2,1H3,(H,20,25)(H,21,22,23). The van der Waals surface area contributed by atoms with E-state index in [4.69, 9.17) is 4.74 Å². The van der Waals surface area contributed by atoms with Crippen LogP contribution in [0, 0.1) is 10.1 Å². The smallest absolute Gasteiger partial charge is 0.311 e. The van der Waals surface area contributed by atoms with E-state index >= 15 is 0 Å². The van der Waals surface area contributed by atoms with Gasteiger partial charge in [0.15, 0.2) is 11.6 Å². The molecule has 0 atom stereocenters. The van der Waals surface area contributed by atoms with Crippen LogP contribution in [0.5, 0.6) is 5.75 Å². The Morgan fingerprint density at radius 2 is 2.00 bits per heavy atom. The van der Waals surface area contributed by atoms with Crippen LogP contribution in [0.2, 0.25) is 0 Å². The van der Waals surface area contributed by atoms with Crippen LogP contribution in [0.3, 0.4) is 0 Å². The fourth-order valence-electron chi connectivity index (χ4n) is 2.82. The summed E-state index contributed by atoms with van der Waals surface area (Å²) in [7, 11) is 1.34. The van der Waals surface area contributed by atoms with Crippen LogP contribution in [-0.2, 0) is 0 Å². The topological polar surface area (TPSA) is 123 Å². The molecule has 28 heavy (non-hydrogen) atoms. The minimum absolute atomic E-state index is 0.1000. The highest BCUT2D eigenvalue weighted by Gasteiger charge is 2.27. The van der Waals surface area contributed by atoms with Crippen molar-refractivity contribution in [1.29, 1.82) is 0 Å². The first kappa shape index (κ1) is 17.7. The first-order valence-corrected chi connectivity index (χ1v) is 8.71. The lowest BCUT2D eigenvalue weighted by molar-refractivity contribution is -0.385. The van der Waals surface area contributed by atoms with Crippen molar-refractivity contribution in [1.82, 2.24) is 15.2 Å². The molecule has 142 valence electrons. The first-order valence-electron chi connectivity index (χ1n) is 8.71. The van der Waals surface area contributed by atoms with Crippen LogP contribution in [-0.4, -0.2) is 33.1 Å². The lowest BCUT2D eigenvalue weighted by atomic mass is 10.1. The van der Waals surface area contributed by atoms with Crippen LogP contribution in [0.1, 0.15) is 34.9 Å². The molecule has 0 bridgehead atoms. The molecule has 1 fully saturated rings. The minimum Gasteiger partial charge on any atom is -0.490 e. The molecular weight excluding hydrogens is 362 g/mol. The van der Waals surface area contributed by atoms with Crippen LogP contribution < -0.4 is 10.1 Å². The SMILES string of the molecule is COc1ccc(C(=O)Nc2ccc(-c3n[nH]c(C4CC4)n3)cc2)cc1[N+](=O)[O-]. The molecule has 3 aromatic rings. The number of H-pyrrole nitrogens is 1. The Morgan fingerprint density at radius 3 is 2.64 bits per heavy atom. The van der Waals surface area contributed by atoms with E-state index in [1.54, 1.807) is 12.1 Å². The van der Waals surface area contributed by atoms with Crippen molar-refractivity contribution in [3.05, 3.63) is 64.0 Å². The number of aromatic nitrogens is 3. The second kappa shape index (κ2) is 7.10. The fraction of sp³-hybridized carbons (Fsp3) is 0.211. The zero-order chi connectivity index (χ0) is 19.7. The van der Waals surface area contributed by atoms with Gasteiger partial charge in [-0.2, -0.15) is 5.10 Å². The van der Waals surface area contributed by atoms with E-state index in [0.29, 0.717) is 17.4 Å². The number of nitrogens with one attached hydrogen (secondary N) is 2. The number of benzene rings is 2. The van der Waals surface area contributed by atoms with Crippen LogP contribution in [0.15, 0.2) is 42.5 Å². The summed E-state index contributed by atoms with van der Waals surface area (Å²) in [6.07, 6.45) is 2.28. The molecule has 0 aliphatic heterocycles. The van der Waals surface area contributed by atoms with E-state index in [1.807, 2.05) is 12.1 Å². The van der Waals surface area contributed by atoms with E-state index in [1.165, 1.54) is 25.3 Å². The Balaban J connectivity index is 1.48. The second-order valence-corrected chi connectivity index (χ2v) is 6.49. The Bertz CT molecular complexity index is 1040. The number of hydrogen-bond acceptors (Lipinski definition) is 6. The minimum atomic E-state index is -0.586. The van der Waals surface area contributed by atoms with E-state index in [9.17, 15) is 14.9 Å². The molecule has 1 amide bonds. The second-order valence-electron chi connectivity index (χ2n) is 6.49. The molecule has 0 spiro atoms. The van der Waals surface area contributed by atoms with Crippen molar-refractivity contribution in [2.45, 2.75) is 18.8 Å². The number of nitrogens with zero attached hydrogens (tertiary/aromatic N) is 3. The largest absolute Gasteiger partial charge is 0.490 e. The van der Waals surface area contributed by atoms with Crippen LogP contribution >= 0.6 is 0 Å². The fourth-order valence-corrected chi connectivity index (χ4v) is 2.82. The summed E-state index contributed by atoms with van der Waals surface area (Å²) >= 11 is 0. The third kappa shape index (κ3) is 3.54. The van der Waals surface area contributed by atoms with E-state index in [0.717, 1.165) is 24.2 Å². The van der Waals surface area contributed by atoms with Crippen molar-refractivity contribution >= 4 is 17.3 Å². The number of nitro benzene ring substituents is 1. The highest BCUT2D eigenvalue weighted by Crippen LogP contribution is 2.38. The Morgan fingerprint density at radius 1 is 1.25 bits per heavy atom. The van der Waals surface area contributed by atoms with Gasteiger partial charge in [0.2, 0.25) is 0 Å². The maximum Gasteiger partial charge on any atom is 0.311 e. The van der Waals surface area contributed by atoms with Gasteiger partial charge in [-0.25, -0.2) is 4.98 Å². The molecule has 1 saturated carbocycles. The number of hydrogen-bond donors (Lipinski definition) is 2. The molecule has 9 nitrogen and oxygen atoms in total. The summed E-state index contributed by atoms with van der Waals surface area (Å²) in [5, 5.41) is 21.0. The van der Waals surface area contributed by atoms with Gasteiger partial charge in [0.1, 0.15) is 5.82 Å². The lowest BCUT2D eigenvalue weighted by Crippen LogP contribution is -2.12. The normalized spacial score (nSPS) is 13.2. The summed E-state index contributed by atoms with van der Waals surface area (Å²) in [6, 6.07) is 11.2. The molecule has 2 aromatic carbocycles. The Labute approximate surface area is 159 Å². The molecule has 1 aliphatic carbocycles. The van der Waals surface area contributed by atoms with Crippen molar-refractivity contribution in [3.8, 4) is 17.1 Å². The third-order valence-corrected chi connectivity index (χ3v) is 4.51. The van der Waals surface area contributed by atoms with Gasteiger partial charge >= 0.3 is 5.69 Å². The summed E-state index contributed by atoms with van der Waals surface area (Å²) in [6.45, 7) is 0. The number of anilines is 1. The van der Waals surface area contributed by atoms with Gasteiger partial charge in [-0.15, -0.1) is 0 Å². The molecule has 0 saturated heterocycles. The monoisotopic (exact) mass is 379 g/mol. The van der Waals surface area contributed by atoms with E-state index < -0.39 is 10.8 Å². The maximum atomic E-state index is 12.4. The van der Waals surface area contributed by atoms with E-state index in [-0.39, 0.29) is 17.0 Å². The van der Waals surface area contributed by atoms with Crippen molar-refractivity contribution in [3.63, 3.8) is 0 Å². The molecule has 9 heteroatoms. The number of carbonyl (C=O) groups excluding carboxylic acids is 1. The molecule has 0 unspecified atom stereocenters. The molecular formula is C19H17N5O4. The van der Waals surface area contributed by atoms with Gasteiger partial charge in [-0.3, -0.25) is 20.0 Å². The summed E-state index contributed by atoms with van der Waals surface area (Å²) in [4.78, 5) is 27.4. The predicted octanol–water partition coefficient (Wildman–Crippen LogP) is 3.52. The van der Waals surface area contributed by atoms with Gasteiger partial charge in [-0.05, 0) is 49.2 Å². The highest BCUT2D eigenvalue weighted by atomic mass is 16.6.